The first-order valence-electron chi connectivity index (χ1n) is 9.42. The van der Waals surface area contributed by atoms with E-state index in [-0.39, 0.29) is 23.9 Å². The summed E-state index contributed by atoms with van der Waals surface area (Å²) in [6.45, 7) is 4.27. The van der Waals surface area contributed by atoms with Crippen LogP contribution in [0.4, 0.5) is 4.79 Å². The molecule has 2 aliphatic rings. The number of amides is 4. The van der Waals surface area contributed by atoms with Gasteiger partial charge in [-0.3, -0.25) is 14.5 Å². The van der Waals surface area contributed by atoms with Crippen LogP contribution in [0.2, 0.25) is 0 Å². The van der Waals surface area contributed by atoms with Crippen molar-refractivity contribution in [2.45, 2.75) is 64.0 Å². The molecule has 2 fully saturated rings. The summed E-state index contributed by atoms with van der Waals surface area (Å²) in [4.78, 5) is 38.2. The van der Waals surface area contributed by atoms with Crippen LogP contribution >= 0.6 is 0 Å². The Morgan fingerprint density at radius 3 is 2.65 bits per heavy atom. The predicted octanol–water partition coefficient (Wildman–Crippen LogP) is 2.82. The molecular formula is C20H27N3O3. The monoisotopic (exact) mass is 357 g/mol. The summed E-state index contributed by atoms with van der Waals surface area (Å²) >= 11 is 0. The van der Waals surface area contributed by atoms with Gasteiger partial charge in [0.2, 0.25) is 5.91 Å². The molecule has 0 radical (unpaired) electrons. The number of hydrogen-bond donors (Lipinski definition) is 2. The van der Waals surface area contributed by atoms with E-state index in [0.717, 1.165) is 36.8 Å². The van der Waals surface area contributed by atoms with Crippen LogP contribution < -0.4 is 10.6 Å². The molecule has 6 nitrogen and oxygen atoms in total. The van der Waals surface area contributed by atoms with Crippen molar-refractivity contribution in [3.8, 4) is 0 Å². The zero-order chi connectivity index (χ0) is 18.7. The van der Waals surface area contributed by atoms with Crippen LogP contribution in [-0.2, 0) is 9.59 Å². The molecule has 1 saturated carbocycles. The van der Waals surface area contributed by atoms with Crippen molar-refractivity contribution < 1.29 is 14.4 Å². The second-order valence-corrected chi connectivity index (χ2v) is 7.43. The van der Waals surface area contributed by atoms with E-state index in [1.807, 2.05) is 38.1 Å². The number of urea groups is 1. The molecule has 1 unspecified atom stereocenters. The molecule has 1 heterocycles. The summed E-state index contributed by atoms with van der Waals surface area (Å²) < 4.78 is 0. The smallest absolute Gasteiger partial charge is 0.325 e. The van der Waals surface area contributed by atoms with E-state index in [0.29, 0.717) is 19.4 Å². The third kappa shape index (κ3) is 3.59. The van der Waals surface area contributed by atoms with Crippen LogP contribution in [0, 0.1) is 6.92 Å². The molecule has 1 atom stereocenters. The van der Waals surface area contributed by atoms with Crippen LogP contribution in [0.3, 0.4) is 0 Å². The molecule has 140 valence electrons. The molecule has 0 aromatic heterocycles. The number of nitrogens with zero attached hydrogens (tertiary/aromatic N) is 1. The Morgan fingerprint density at radius 1 is 1.27 bits per heavy atom. The minimum atomic E-state index is -0.668. The zero-order valence-corrected chi connectivity index (χ0v) is 15.5. The quantitative estimate of drug-likeness (QED) is 0.769. The first-order chi connectivity index (χ1) is 12.4. The fraction of sp³-hybridized carbons (Fsp3) is 0.550. The summed E-state index contributed by atoms with van der Waals surface area (Å²) in [5.74, 6) is -0.183. The molecule has 0 bridgehead atoms. The molecule has 6 heteroatoms. The van der Waals surface area contributed by atoms with Crippen molar-refractivity contribution >= 4 is 17.8 Å². The Kier molecular flexibility index (Phi) is 5.30. The van der Waals surface area contributed by atoms with Gasteiger partial charge >= 0.3 is 6.03 Å². The summed E-state index contributed by atoms with van der Waals surface area (Å²) in [6.07, 6.45) is 4.16. The fourth-order valence-electron chi connectivity index (χ4n) is 4.06. The average molecular weight is 357 g/mol. The van der Waals surface area contributed by atoms with Crippen molar-refractivity contribution in [2.75, 3.05) is 6.54 Å². The maximum Gasteiger partial charge on any atom is 0.325 e. The number of benzene rings is 1. The van der Waals surface area contributed by atoms with E-state index in [1.54, 1.807) is 0 Å². The van der Waals surface area contributed by atoms with Crippen LogP contribution in [-0.4, -0.2) is 34.8 Å². The lowest BCUT2D eigenvalue weighted by Gasteiger charge is -2.20. The first kappa shape index (κ1) is 18.4. The van der Waals surface area contributed by atoms with Crippen molar-refractivity contribution in [1.82, 2.24) is 15.5 Å². The number of nitrogens with one attached hydrogen (secondary N) is 2. The van der Waals surface area contributed by atoms with Crippen LogP contribution in [0.1, 0.15) is 62.6 Å². The minimum Gasteiger partial charge on any atom is -0.350 e. The van der Waals surface area contributed by atoms with E-state index >= 15 is 0 Å². The molecule has 1 aromatic carbocycles. The van der Waals surface area contributed by atoms with Gasteiger partial charge in [0.1, 0.15) is 5.54 Å². The number of carbonyl (C=O) groups is 3. The Hall–Kier alpha value is -2.37. The summed E-state index contributed by atoms with van der Waals surface area (Å²) in [5, 5.41) is 5.85. The molecule has 2 N–H and O–H groups in total. The highest BCUT2D eigenvalue weighted by molar-refractivity contribution is 6.07. The molecule has 4 amide bonds. The molecule has 3 rings (SSSR count). The second-order valence-electron chi connectivity index (χ2n) is 7.43. The number of carbonyl (C=O) groups excluding carboxylic acids is 3. The normalized spacial score (nSPS) is 19.7. The fourth-order valence-corrected chi connectivity index (χ4v) is 4.06. The molecule has 1 aliphatic carbocycles. The average Bonchev–Trinajstić information content (AvgIpc) is 3.15. The van der Waals surface area contributed by atoms with Gasteiger partial charge < -0.3 is 10.6 Å². The van der Waals surface area contributed by atoms with Gasteiger partial charge in [-0.1, -0.05) is 37.1 Å². The largest absolute Gasteiger partial charge is 0.350 e. The molecular weight excluding hydrogens is 330 g/mol. The maximum absolute atomic E-state index is 12.6. The Morgan fingerprint density at radius 2 is 1.96 bits per heavy atom. The SMILES string of the molecule is Cc1ccccc1C(C)NC(=O)CCCN1C(=O)NC2(CCCC2)C1=O. The van der Waals surface area contributed by atoms with E-state index in [4.69, 9.17) is 0 Å². The molecule has 26 heavy (non-hydrogen) atoms. The highest BCUT2D eigenvalue weighted by atomic mass is 16.2. The van der Waals surface area contributed by atoms with E-state index in [2.05, 4.69) is 10.6 Å². The van der Waals surface area contributed by atoms with Gasteiger partial charge in [-0.05, 0) is 44.2 Å². The van der Waals surface area contributed by atoms with Gasteiger partial charge in [0, 0.05) is 13.0 Å². The standard InChI is InChI=1S/C20H27N3O3/c1-14-8-3-4-9-16(14)15(2)21-17(24)10-7-13-23-18(25)20(22-19(23)26)11-5-6-12-20/h3-4,8-9,15H,5-7,10-13H2,1-2H3,(H,21,24)(H,22,26). The number of rotatable bonds is 6. The van der Waals surface area contributed by atoms with Crippen LogP contribution in [0.15, 0.2) is 24.3 Å². The maximum atomic E-state index is 12.6. The van der Waals surface area contributed by atoms with Crippen LogP contribution in [0.5, 0.6) is 0 Å². The molecule has 1 aromatic rings. The molecule has 1 aliphatic heterocycles. The summed E-state index contributed by atoms with van der Waals surface area (Å²) in [6, 6.07) is 7.58. The minimum absolute atomic E-state index is 0.0663. The van der Waals surface area contributed by atoms with Gasteiger partial charge in [-0.2, -0.15) is 0 Å². The lowest BCUT2D eigenvalue weighted by Crippen LogP contribution is -2.44. The highest BCUT2D eigenvalue weighted by Crippen LogP contribution is 2.35. The van der Waals surface area contributed by atoms with Crippen molar-refractivity contribution in [3.05, 3.63) is 35.4 Å². The van der Waals surface area contributed by atoms with E-state index in [1.165, 1.54) is 4.90 Å². The van der Waals surface area contributed by atoms with Crippen molar-refractivity contribution in [2.24, 2.45) is 0 Å². The molecule has 1 spiro atoms. The summed E-state index contributed by atoms with van der Waals surface area (Å²) in [7, 11) is 0. The lowest BCUT2D eigenvalue weighted by atomic mass is 9.98. The first-order valence-corrected chi connectivity index (χ1v) is 9.42. The lowest BCUT2D eigenvalue weighted by molar-refractivity contribution is -0.131. The Bertz CT molecular complexity index is 710. The number of hydrogen-bond acceptors (Lipinski definition) is 3. The van der Waals surface area contributed by atoms with Gasteiger partial charge in [0.25, 0.3) is 5.91 Å². The van der Waals surface area contributed by atoms with Crippen molar-refractivity contribution in [3.63, 3.8) is 0 Å². The second kappa shape index (κ2) is 7.48. The Balaban J connectivity index is 1.47. The Labute approximate surface area is 154 Å². The van der Waals surface area contributed by atoms with E-state index in [9.17, 15) is 14.4 Å². The zero-order valence-electron chi connectivity index (χ0n) is 15.5. The molecule has 1 saturated heterocycles. The summed E-state index contributed by atoms with van der Waals surface area (Å²) in [5.41, 5.74) is 1.57. The van der Waals surface area contributed by atoms with E-state index < -0.39 is 5.54 Å². The number of imide groups is 1. The predicted molar refractivity (Wildman–Crippen MR) is 98.4 cm³/mol. The third-order valence-electron chi connectivity index (χ3n) is 5.52. The highest BCUT2D eigenvalue weighted by Gasteiger charge is 2.51. The number of aryl methyl sites for hydroxylation is 1. The van der Waals surface area contributed by atoms with Gasteiger partial charge in [-0.25, -0.2) is 4.79 Å². The topological polar surface area (TPSA) is 78.5 Å². The van der Waals surface area contributed by atoms with Crippen molar-refractivity contribution in [1.29, 1.82) is 0 Å². The van der Waals surface area contributed by atoms with Gasteiger partial charge in [-0.15, -0.1) is 0 Å². The van der Waals surface area contributed by atoms with Gasteiger partial charge in [0.05, 0.1) is 6.04 Å². The third-order valence-corrected chi connectivity index (χ3v) is 5.52. The van der Waals surface area contributed by atoms with Gasteiger partial charge in [0.15, 0.2) is 0 Å². The van der Waals surface area contributed by atoms with Crippen LogP contribution in [0.25, 0.3) is 0 Å².